The summed E-state index contributed by atoms with van der Waals surface area (Å²) in [7, 11) is 0. The van der Waals surface area contributed by atoms with Crippen LogP contribution in [-0.4, -0.2) is 33.6 Å². The molecule has 3 heteroatoms. The van der Waals surface area contributed by atoms with E-state index in [1.807, 2.05) is 13.8 Å². The topological polar surface area (TPSA) is 43.7 Å². The Kier molecular flexibility index (Phi) is 3.86. The van der Waals surface area contributed by atoms with E-state index in [9.17, 15) is 0 Å². The summed E-state index contributed by atoms with van der Waals surface area (Å²) in [6.07, 6.45) is -1.17. The lowest BCUT2D eigenvalue weighted by molar-refractivity contribution is -0.101. The van der Waals surface area contributed by atoms with Crippen molar-refractivity contribution in [1.29, 1.82) is 0 Å². The van der Waals surface area contributed by atoms with Gasteiger partial charge < -0.3 is 10.2 Å². The van der Waals surface area contributed by atoms with E-state index in [0.717, 1.165) is 0 Å². The molecule has 0 saturated carbocycles. The molecule has 3 nitrogen and oxygen atoms in total. The van der Waals surface area contributed by atoms with Gasteiger partial charge in [-0.3, -0.25) is 4.90 Å². The Morgan fingerprint density at radius 1 is 0.900 bits per heavy atom. The molecule has 0 rings (SSSR count). The summed E-state index contributed by atoms with van der Waals surface area (Å²) in [5, 5.41) is 18.2. The summed E-state index contributed by atoms with van der Waals surface area (Å²) in [5.74, 6) is 0. The molecule has 0 spiro atoms. The van der Waals surface area contributed by atoms with Crippen LogP contribution in [0.4, 0.5) is 0 Å². The van der Waals surface area contributed by atoms with E-state index in [0.29, 0.717) is 0 Å². The second-order valence-electron chi connectivity index (χ2n) is 2.80. The minimum Gasteiger partial charge on any atom is -0.379 e. The minimum atomic E-state index is -0.583. The summed E-state index contributed by atoms with van der Waals surface area (Å²) in [5.41, 5.74) is 0. The quantitative estimate of drug-likeness (QED) is 0.567. The Balaban J connectivity index is 3.98. The normalized spacial score (nSPS) is 18.0. The van der Waals surface area contributed by atoms with Gasteiger partial charge in [-0.1, -0.05) is 0 Å². The Labute approximate surface area is 62.3 Å². The van der Waals surface area contributed by atoms with Gasteiger partial charge in [-0.15, -0.1) is 0 Å². The number of nitrogens with zero attached hydrogens (tertiary/aromatic N) is 1. The first-order chi connectivity index (χ1) is 4.46. The van der Waals surface area contributed by atoms with Crippen LogP contribution < -0.4 is 0 Å². The van der Waals surface area contributed by atoms with Crippen LogP contribution in [0.1, 0.15) is 27.7 Å². The molecule has 0 radical (unpaired) electrons. The summed E-state index contributed by atoms with van der Waals surface area (Å²) in [6.45, 7) is 7.15. The standard InChI is InChI=1S/C7H17NO2/c1-5(2)8(6(3)9)7(4)10/h5-7,9-10H,1-4H3. The highest BCUT2D eigenvalue weighted by Crippen LogP contribution is 2.05. The van der Waals surface area contributed by atoms with Crippen molar-refractivity contribution in [1.82, 2.24) is 4.90 Å². The van der Waals surface area contributed by atoms with Crippen LogP contribution in [0.2, 0.25) is 0 Å². The van der Waals surface area contributed by atoms with Crippen LogP contribution in [0.15, 0.2) is 0 Å². The zero-order valence-corrected chi connectivity index (χ0v) is 7.07. The smallest absolute Gasteiger partial charge is 0.106 e. The first-order valence-corrected chi connectivity index (χ1v) is 3.60. The second-order valence-corrected chi connectivity index (χ2v) is 2.80. The molecule has 62 valence electrons. The highest BCUT2D eigenvalue weighted by Gasteiger charge is 2.18. The van der Waals surface area contributed by atoms with Crippen molar-refractivity contribution in [2.45, 2.75) is 46.2 Å². The summed E-state index contributed by atoms with van der Waals surface area (Å²) in [4.78, 5) is 1.61. The van der Waals surface area contributed by atoms with Crippen molar-refractivity contribution < 1.29 is 10.2 Å². The van der Waals surface area contributed by atoms with Gasteiger partial charge in [0.05, 0.1) is 0 Å². The van der Waals surface area contributed by atoms with Crippen molar-refractivity contribution in [2.75, 3.05) is 0 Å². The van der Waals surface area contributed by atoms with Crippen LogP contribution in [0, 0.1) is 0 Å². The molecule has 2 unspecified atom stereocenters. The molecular formula is C7H17NO2. The Bertz CT molecular complexity index is 72.6. The molecule has 0 saturated heterocycles. The first kappa shape index (κ1) is 9.88. The predicted molar refractivity (Wildman–Crippen MR) is 40.3 cm³/mol. The van der Waals surface area contributed by atoms with Crippen LogP contribution in [0.25, 0.3) is 0 Å². The van der Waals surface area contributed by atoms with Gasteiger partial charge in [0.1, 0.15) is 12.5 Å². The molecule has 0 aromatic rings. The molecule has 0 aliphatic carbocycles. The molecule has 0 aromatic carbocycles. The zero-order chi connectivity index (χ0) is 8.31. The molecule has 0 aliphatic rings. The zero-order valence-electron chi connectivity index (χ0n) is 7.07. The van der Waals surface area contributed by atoms with Gasteiger partial charge in [0.15, 0.2) is 0 Å². The van der Waals surface area contributed by atoms with Crippen molar-refractivity contribution in [3.05, 3.63) is 0 Å². The van der Waals surface area contributed by atoms with E-state index in [2.05, 4.69) is 0 Å². The molecule has 2 atom stereocenters. The van der Waals surface area contributed by atoms with E-state index < -0.39 is 12.5 Å². The third-order valence-electron chi connectivity index (χ3n) is 1.46. The van der Waals surface area contributed by atoms with Gasteiger partial charge in [0, 0.05) is 6.04 Å². The maximum Gasteiger partial charge on any atom is 0.106 e. The molecular weight excluding hydrogens is 130 g/mol. The molecule has 0 bridgehead atoms. The summed E-state index contributed by atoms with van der Waals surface area (Å²) >= 11 is 0. The molecule has 0 fully saturated rings. The van der Waals surface area contributed by atoms with Crippen LogP contribution in [0.3, 0.4) is 0 Å². The van der Waals surface area contributed by atoms with Crippen LogP contribution in [0.5, 0.6) is 0 Å². The van der Waals surface area contributed by atoms with E-state index in [1.54, 1.807) is 18.7 Å². The van der Waals surface area contributed by atoms with Crippen molar-refractivity contribution in [2.24, 2.45) is 0 Å². The fraction of sp³-hybridized carbons (Fsp3) is 1.00. The van der Waals surface area contributed by atoms with E-state index >= 15 is 0 Å². The van der Waals surface area contributed by atoms with Gasteiger partial charge >= 0.3 is 0 Å². The average Bonchev–Trinajstić information content (AvgIpc) is 1.59. The SMILES string of the molecule is CC(C)N(C(C)O)C(C)O. The van der Waals surface area contributed by atoms with Crippen LogP contribution >= 0.6 is 0 Å². The second kappa shape index (κ2) is 3.91. The molecule has 0 aromatic heterocycles. The van der Waals surface area contributed by atoms with Crippen LogP contribution in [-0.2, 0) is 0 Å². The molecule has 0 amide bonds. The number of hydrogen-bond acceptors (Lipinski definition) is 3. The third-order valence-corrected chi connectivity index (χ3v) is 1.46. The predicted octanol–water partition coefficient (Wildman–Crippen LogP) is 0.373. The molecule has 10 heavy (non-hydrogen) atoms. The maximum atomic E-state index is 9.12. The molecule has 2 N–H and O–H groups in total. The first-order valence-electron chi connectivity index (χ1n) is 3.60. The number of aliphatic hydroxyl groups is 2. The third kappa shape index (κ3) is 2.64. The lowest BCUT2D eigenvalue weighted by atomic mass is 10.3. The Hall–Kier alpha value is -0.120. The van der Waals surface area contributed by atoms with Crippen molar-refractivity contribution in [3.63, 3.8) is 0 Å². The highest BCUT2D eigenvalue weighted by atomic mass is 16.3. The number of hydrogen-bond donors (Lipinski definition) is 2. The molecule has 0 aliphatic heterocycles. The monoisotopic (exact) mass is 147 g/mol. The number of aliphatic hydroxyl groups excluding tert-OH is 2. The molecule has 0 heterocycles. The van der Waals surface area contributed by atoms with Crippen molar-refractivity contribution in [3.8, 4) is 0 Å². The van der Waals surface area contributed by atoms with Gasteiger partial charge in [-0.2, -0.15) is 0 Å². The lowest BCUT2D eigenvalue weighted by Crippen LogP contribution is -2.44. The fourth-order valence-electron chi connectivity index (χ4n) is 1.18. The highest BCUT2D eigenvalue weighted by molar-refractivity contribution is 4.63. The summed E-state index contributed by atoms with van der Waals surface area (Å²) < 4.78 is 0. The maximum absolute atomic E-state index is 9.12. The lowest BCUT2D eigenvalue weighted by Gasteiger charge is -2.31. The summed E-state index contributed by atoms with van der Waals surface area (Å²) in [6, 6.07) is 0.167. The average molecular weight is 147 g/mol. The largest absolute Gasteiger partial charge is 0.379 e. The van der Waals surface area contributed by atoms with Gasteiger partial charge in [-0.05, 0) is 27.7 Å². The van der Waals surface area contributed by atoms with Gasteiger partial charge in [0.25, 0.3) is 0 Å². The Morgan fingerprint density at radius 3 is 1.20 bits per heavy atom. The minimum absolute atomic E-state index is 0.167. The fourth-order valence-corrected chi connectivity index (χ4v) is 1.18. The number of rotatable bonds is 3. The Morgan fingerprint density at radius 2 is 1.20 bits per heavy atom. The van der Waals surface area contributed by atoms with Gasteiger partial charge in [-0.25, -0.2) is 0 Å². The van der Waals surface area contributed by atoms with E-state index in [-0.39, 0.29) is 6.04 Å². The van der Waals surface area contributed by atoms with E-state index in [1.165, 1.54) is 0 Å². The van der Waals surface area contributed by atoms with Crippen molar-refractivity contribution >= 4 is 0 Å². The van der Waals surface area contributed by atoms with E-state index in [4.69, 9.17) is 10.2 Å². The van der Waals surface area contributed by atoms with Gasteiger partial charge in [0.2, 0.25) is 0 Å².